The molecular weight excluding hydrogens is 889 g/mol. The average molecular weight is 945 g/mol. The van der Waals surface area contributed by atoms with Crippen molar-refractivity contribution in [1.29, 1.82) is 0 Å². The normalized spacial score (nSPS) is 12.1. The summed E-state index contributed by atoms with van der Waals surface area (Å²) in [4.78, 5) is 16.2. The molecule has 6 heteroatoms. The molecule has 4 aromatic heterocycles. The molecule has 0 aliphatic carbocycles. The highest BCUT2D eigenvalue weighted by molar-refractivity contribution is 6.14. The van der Waals surface area contributed by atoms with Crippen molar-refractivity contribution in [3.63, 3.8) is 0 Å². The molecule has 0 spiro atoms. The Bertz CT molecular complexity index is 4020. The van der Waals surface area contributed by atoms with Crippen LogP contribution in [0.1, 0.15) is 81.5 Å². The van der Waals surface area contributed by atoms with E-state index in [1.54, 1.807) is 0 Å². The summed E-state index contributed by atoms with van der Waals surface area (Å²) in [5.41, 5.74) is 18.3. The van der Waals surface area contributed by atoms with Gasteiger partial charge in [0.1, 0.15) is 0 Å². The van der Waals surface area contributed by atoms with Crippen LogP contribution in [-0.4, -0.2) is 28.7 Å². The van der Waals surface area contributed by atoms with Crippen molar-refractivity contribution in [2.24, 2.45) is 0 Å². The highest BCUT2D eigenvalue weighted by Gasteiger charge is 2.24. The van der Waals surface area contributed by atoms with E-state index in [1.165, 1.54) is 71.1 Å². The SMILES string of the molecule is Cc1cccc(-c2nc(-c3cccc(-n4c5ccc(-n6c7ccccc7c7ccccc76)cc5c5cc(-n6c7ccccc7c7ccccc76)ccc54)c3)nc(-c3c(C(C)C)cc(C(C)C)cc3C(C)C)n2)c1. The van der Waals surface area contributed by atoms with Gasteiger partial charge in [0, 0.05) is 66.1 Å². The standard InChI is InChI=1S/C67H56N6/c1-40(2)46-36-54(41(3)4)64(55(37-46)42(5)6)67-69-65(44-19-16-18-43(7)34-44)68-66(70-67)45-20-17-21-47(35-45)71-62-32-30-48(72-58-26-12-8-22-50(58)51-23-9-13-27-59(51)72)38-56(62)57-39-49(31-33-63(57)71)73-60-28-14-10-24-52(60)53-25-11-15-29-61(53)73/h8-42H,1-7H3. The van der Waals surface area contributed by atoms with Gasteiger partial charge in [-0.2, -0.15) is 0 Å². The molecule has 0 fully saturated rings. The Morgan fingerprint density at radius 1 is 0.315 bits per heavy atom. The molecule has 0 saturated carbocycles. The van der Waals surface area contributed by atoms with E-state index in [9.17, 15) is 0 Å². The van der Waals surface area contributed by atoms with Crippen LogP contribution in [0.2, 0.25) is 0 Å². The van der Waals surface area contributed by atoms with Crippen molar-refractivity contribution in [1.82, 2.24) is 28.7 Å². The summed E-state index contributed by atoms with van der Waals surface area (Å²) < 4.78 is 7.25. The van der Waals surface area contributed by atoms with Crippen molar-refractivity contribution in [2.75, 3.05) is 0 Å². The molecule has 0 amide bonds. The lowest BCUT2D eigenvalue weighted by Gasteiger charge is -2.22. The third-order valence-electron chi connectivity index (χ3n) is 15.0. The molecule has 0 saturated heterocycles. The molecule has 0 aliphatic heterocycles. The van der Waals surface area contributed by atoms with Gasteiger partial charge in [0.05, 0.1) is 33.1 Å². The minimum atomic E-state index is 0.262. The van der Waals surface area contributed by atoms with Crippen LogP contribution < -0.4 is 0 Å². The molecule has 13 rings (SSSR count). The number of fused-ring (bicyclic) bond motifs is 9. The summed E-state index contributed by atoms with van der Waals surface area (Å²) in [6.07, 6.45) is 0. The van der Waals surface area contributed by atoms with Gasteiger partial charge >= 0.3 is 0 Å². The lowest BCUT2D eigenvalue weighted by Crippen LogP contribution is -2.08. The van der Waals surface area contributed by atoms with Gasteiger partial charge in [-0.3, -0.25) is 0 Å². The predicted octanol–water partition coefficient (Wildman–Crippen LogP) is 17.8. The van der Waals surface area contributed by atoms with Crippen LogP contribution in [0.5, 0.6) is 0 Å². The molecule has 0 radical (unpaired) electrons. The number of para-hydroxylation sites is 4. The van der Waals surface area contributed by atoms with E-state index in [1.807, 2.05) is 0 Å². The van der Waals surface area contributed by atoms with Crippen molar-refractivity contribution >= 4 is 65.4 Å². The number of aromatic nitrogens is 6. The Morgan fingerprint density at radius 2 is 0.699 bits per heavy atom. The largest absolute Gasteiger partial charge is 0.309 e. The number of nitrogens with zero attached hydrogens (tertiary/aromatic N) is 6. The Labute approximate surface area is 425 Å². The fraction of sp³-hybridized carbons (Fsp3) is 0.149. The van der Waals surface area contributed by atoms with Crippen molar-refractivity contribution < 1.29 is 0 Å². The van der Waals surface area contributed by atoms with Crippen LogP contribution >= 0.6 is 0 Å². The number of hydrogen-bond acceptors (Lipinski definition) is 3. The van der Waals surface area contributed by atoms with Crippen LogP contribution in [0.3, 0.4) is 0 Å². The first-order chi connectivity index (χ1) is 35.6. The smallest absolute Gasteiger partial charge is 0.164 e. The third-order valence-corrected chi connectivity index (χ3v) is 15.0. The van der Waals surface area contributed by atoms with Gasteiger partial charge in [-0.25, -0.2) is 15.0 Å². The Balaban J connectivity index is 1.05. The zero-order valence-electron chi connectivity index (χ0n) is 42.4. The second kappa shape index (κ2) is 17.3. The van der Waals surface area contributed by atoms with Gasteiger partial charge in [0.15, 0.2) is 17.5 Å². The van der Waals surface area contributed by atoms with E-state index in [4.69, 9.17) is 15.0 Å². The summed E-state index contributed by atoms with van der Waals surface area (Å²) in [5.74, 6) is 2.94. The van der Waals surface area contributed by atoms with E-state index < -0.39 is 0 Å². The Morgan fingerprint density at radius 3 is 1.12 bits per heavy atom. The second-order valence-corrected chi connectivity index (χ2v) is 20.7. The third kappa shape index (κ3) is 7.26. The summed E-state index contributed by atoms with van der Waals surface area (Å²) in [5, 5.41) is 7.30. The van der Waals surface area contributed by atoms with E-state index >= 15 is 0 Å². The lowest BCUT2D eigenvalue weighted by atomic mass is 9.84. The maximum Gasteiger partial charge on any atom is 0.164 e. The molecule has 6 nitrogen and oxygen atoms in total. The highest BCUT2D eigenvalue weighted by atomic mass is 15.0. The highest BCUT2D eigenvalue weighted by Crippen LogP contribution is 2.42. The van der Waals surface area contributed by atoms with E-state index in [2.05, 4.69) is 256 Å². The van der Waals surface area contributed by atoms with Crippen molar-refractivity contribution in [3.8, 4) is 51.2 Å². The zero-order valence-corrected chi connectivity index (χ0v) is 42.4. The molecule has 0 aliphatic rings. The van der Waals surface area contributed by atoms with E-state index in [-0.39, 0.29) is 11.8 Å². The number of rotatable bonds is 9. The van der Waals surface area contributed by atoms with Crippen LogP contribution in [0.4, 0.5) is 0 Å². The Kier molecular flexibility index (Phi) is 10.5. The fourth-order valence-corrected chi connectivity index (χ4v) is 11.5. The van der Waals surface area contributed by atoms with E-state index in [0.29, 0.717) is 23.4 Å². The van der Waals surface area contributed by atoms with Crippen LogP contribution in [0.15, 0.2) is 194 Å². The van der Waals surface area contributed by atoms with Crippen LogP contribution in [0.25, 0.3) is 117 Å². The van der Waals surface area contributed by atoms with Crippen LogP contribution in [0, 0.1) is 6.92 Å². The first kappa shape index (κ1) is 44.3. The van der Waals surface area contributed by atoms with Gasteiger partial charge in [-0.05, 0) is 120 Å². The molecule has 0 unspecified atom stereocenters. The molecule has 4 heterocycles. The summed E-state index contributed by atoms with van der Waals surface area (Å²) in [6, 6.07) is 71.0. The minimum absolute atomic E-state index is 0.262. The van der Waals surface area contributed by atoms with Crippen molar-refractivity contribution in [2.45, 2.75) is 66.2 Å². The maximum absolute atomic E-state index is 5.47. The molecule has 0 bridgehead atoms. The number of aryl methyl sites for hydroxylation is 1. The summed E-state index contributed by atoms with van der Waals surface area (Å²) in [7, 11) is 0. The zero-order chi connectivity index (χ0) is 49.6. The van der Waals surface area contributed by atoms with Crippen molar-refractivity contribution in [3.05, 3.63) is 216 Å². The minimum Gasteiger partial charge on any atom is -0.309 e. The lowest BCUT2D eigenvalue weighted by molar-refractivity contribution is 0.804. The first-order valence-corrected chi connectivity index (χ1v) is 25.8. The number of benzene rings is 9. The van der Waals surface area contributed by atoms with Gasteiger partial charge in [-0.15, -0.1) is 0 Å². The van der Waals surface area contributed by atoms with Gasteiger partial charge in [0.2, 0.25) is 0 Å². The number of hydrogen-bond donors (Lipinski definition) is 0. The Hall–Kier alpha value is -8.61. The quantitative estimate of drug-likeness (QED) is 0.145. The molecule has 13 aromatic rings. The van der Waals surface area contributed by atoms with Gasteiger partial charge in [-0.1, -0.05) is 162 Å². The topological polar surface area (TPSA) is 53.5 Å². The summed E-state index contributed by atoms with van der Waals surface area (Å²) >= 11 is 0. The van der Waals surface area contributed by atoms with E-state index in [0.717, 1.165) is 50.3 Å². The molecule has 73 heavy (non-hydrogen) atoms. The summed E-state index contributed by atoms with van der Waals surface area (Å²) in [6.45, 7) is 15.8. The molecular formula is C67H56N6. The average Bonchev–Trinajstić information content (AvgIpc) is 4.06. The van der Waals surface area contributed by atoms with Crippen LogP contribution in [-0.2, 0) is 0 Å². The molecule has 0 N–H and O–H groups in total. The maximum atomic E-state index is 5.47. The predicted molar refractivity (Wildman–Crippen MR) is 306 cm³/mol. The first-order valence-electron chi connectivity index (χ1n) is 25.8. The van der Waals surface area contributed by atoms with Gasteiger partial charge in [0.25, 0.3) is 0 Å². The second-order valence-electron chi connectivity index (χ2n) is 20.7. The fourth-order valence-electron chi connectivity index (χ4n) is 11.5. The monoisotopic (exact) mass is 944 g/mol. The molecule has 354 valence electrons. The van der Waals surface area contributed by atoms with Gasteiger partial charge < -0.3 is 13.7 Å². The molecule has 0 atom stereocenters. The molecule has 9 aromatic carbocycles.